The van der Waals surface area contributed by atoms with Gasteiger partial charge >= 0.3 is 0 Å². The van der Waals surface area contributed by atoms with Crippen molar-refractivity contribution >= 4 is 24.0 Å². The zero-order valence-electron chi connectivity index (χ0n) is 18.0. The lowest BCUT2D eigenvalue weighted by atomic mass is 9.92. The van der Waals surface area contributed by atoms with Crippen LogP contribution in [-0.2, 0) is 14.3 Å². The number of hydroxylamine groups is 2. The Labute approximate surface area is 181 Å². The molecule has 0 aromatic carbocycles. The Hall–Kier alpha value is -2.53. The number of rotatable bonds is 9. The van der Waals surface area contributed by atoms with E-state index in [2.05, 4.69) is 20.8 Å². The molecule has 31 heavy (non-hydrogen) atoms. The molecule has 2 atom stereocenters. The molecule has 0 unspecified atom stereocenters. The minimum Gasteiger partial charge on any atom is -0.377 e. The molecule has 10 nitrogen and oxygen atoms in total. The fraction of sp³-hybridized carbons (Fsp3) is 0.700. The van der Waals surface area contributed by atoms with Crippen LogP contribution in [0.4, 0.5) is 16.0 Å². The lowest BCUT2D eigenvalue weighted by Gasteiger charge is -2.34. The number of aromatic nitrogens is 2. The molecule has 172 valence electrons. The van der Waals surface area contributed by atoms with E-state index in [1.54, 1.807) is 6.92 Å². The number of morpholine rings is 1. The summed E-state index contributed by atoms with van der Waals surface area (Å²) in [5.74, 6) is -0.987. The van der Waals surface area contributed by atoms with Crippen molar-refractivity contribution in [2.24, 2.45) is 11.8 Å². The van der Waals surface area contributed by atoms with Gasteiger partial charge in [-0.05, 0) is 26.2 Å². The van der Waals surface area contributed by atoms with Crippen molar-refractivity contribution in [1.29, 1.82) is 0 Å². The number of amides is 2. The monoisotopic (exact) mass is 438 g/mol. The van der Waals surface area contributed by atoms with Gasteiger partial charge in [0.25, 0.3) is 0 Å². The van der Waals surface area contributed by atoms with E-state index in [9.17, 15) is 14.8 Å². The molecule has 2 amide bonds. The number of hydrogen-bond donors (Lipinski definition) is 3. The van der Waals surface area contributed by atoms with Crippen molar-refractivity contribution in [2.45, 2.75) is 52.0 Å². The van der Waals surface area contributed by atoms with Gasteiger partial charge in [0.15, 0.2) is 11.6 Å². The second-order valence-electron chi connectivity index (χ2n) is 8.30. The van der Waals surface area contributed by atoms with Crippen LogP contribution in [0.2, 0.25) is 0 Å². The van der Waals surface area contributed by atoms with Crippen molar-refractivity contribution in [3.8, 4) is 0 Å². The minimum atomic E-state index is -0.663. The second-order valence-corrected chi connectivity index (χ2v) is 8.30. The smallest absolute Gasteiger partial charge is 0.243 e. The maximum atomic E-state index is 15.1. The number of nitrogens with zero attached hydrogens (tertiary/aromatic N) is 4. The molecule has 0 spiro atoms. The SMILES string of the molecule is Cc1nc(NNC(=O)[C@@H](CC2CCCC2)CN(O)C=O)c(F)c(N2CCOC[C@@H]2C)n1. The molecule has 1 aliphatic heterocycles. The molecule has 2 heterocycles. The highest BCUT2D eigenvalue weighted by atomic mass is 19.1. The molecular weight excluding hydrogens is 407 g/mol. The standard InChI is InChI=1S/C20H31FN6O4/c1-13-11-31-8-7-27(13)19-17(21)18(22-14(2)23-19)24-25-20(29)16(10-26(30)12-28)9-15-5-3-4-6-15/h12-13,15-16,30H,3-11H2,1-2H3,(H,25,29)(H,22,23,24)/t13-,16-/m0/s1. The van der Waals surface area contributed by atoms with Gasteiger partial charge in [-0.15, -0.1) is 0 Å². The number of ether oxygens (including phenoxy) is 1. The molecule has 0 bridgehead atoms. The molecule has 1 aromatic heterocycles. The molecule has 0 radical (unpaired) electrons. The summed E-state index contributed by atoms with van der Waals surface area (Å²) in [7, 11) is 0. The number of anilines is 2. The van der Waals surface area contributed by atoms with Crippen LogP contribution in [0.25, 0.3) is 0 Å². The molecule has 3 N–H and O–H groups in total. The summed E-state index contributed by atoms with van der Waals surface area (Å²) in [4.78, 5) is 33.7. The Morgan fingerprint density at radius 1 is 1.42 bits per heavy atom. The van der Waals surface area contributed by atoms with Gasteiger partial charge < -0.3 is 9.64 Å². The largest absolute Gasteiger partial charge is 0.377 e. The number of hydrogen-bond acceptors (Lipinski definition) is 8. The topological polar surface area (TPSA) is 120 Å². The molecule has 11 heteroatoms. The summed E-state index contributed by atoms with van der Waals surface area (Å²) in [6.45, 7) is 4.89. The summed E-state index contributed by atoms with van der Waals surface area (Å²) < 4.78 is 20.5. The van der Waals surface area contributed by atoms with Gasteiger partial charge in [-0.1, -0.05) is 25.7 Å². The van der Waals surface area contributed by atoms with Gasteiger partial charge in [0.2, 0.25) is 18.1 Å². The van der Waals surface area contributed by atoms with E-state index < -0.39 is 17.6 Å². The third-order valence-corrected chi connectivity index (χ3v) is 5.88. The average molecular weight is 439 g/mol. The summed E-state index contributed by atoms with van der Waals surface area (Å²) in [6.07, 6.45) is 5.07. The zero-order chi connectivity index (χ0) is 22.4. The van der Waals surface area contributed by atoms with Crippen LogP contribution in [0.3, 0.4) is 0 Å². The van der Waals surface area contributed by atoms with Crippen LogP contribution in [-0.4, -0.2) is 64.9 Å². The van der Waals surface area contributed by atoms with E-state index in [0.29, 0.717) is 43.0 Å². The minimum absolute atomic E-state index is 0.0466. The Balaban J connectivity index is 1.70. The Bertz CT molecular complexity index is 776. The molecule has 1 saturated heterocycles. The highest BCUT2D eigenvalue weighted by Crippen LogP contribution is 2.31. The number of carbonyl (C=O) groups excluding carboxylic acids is 2. The van der Waals surface area contributed by atoms with Crippen LogP contribution < -0.4 is 15.8 Å². The number of hydrazine groups is 1. The van der Waals surface area contributed by atoms with E-state index in [1.165, 1.54) is 0 Å². The molecule has 1 aliphatic carbocycles. The quantitative estimate of drug-likeness (QED) is 0.302. The highest BCUT2D eigenvalue weighted by Gasteiger charge is 2.28. The molecular formula is C20H31FN6O4. The van der Waals surface area contributed by atoms with E-state index >= 15 is 4.39 Å². The number of nitrogens with one attached hydrogen (secondary N) is 2. The van der Waals surface area contributed by atoms with Crippen molar-refractivity contribution in [1.82, 2.24) is 20.5 Å². The van der Waals surface area contributed by atoms with Crippen molar-refractivity contribution in [3.63, 3.8) is 0 Å². The molecule has 1 aromatic rings. The van der Waals surface area contributed by atoms with Crippen LogP contribution in [0, 0.1) is 24.6 Å². The van der Waals surface area contributed by atoms with Crippen LogP contribution in [0.5, 0.6) is 0 Å². The Morgan fingerprint density at radius 3 is 2.84 bits per heavy atom. The first-order valence-electron chi connectivity index (χ1n) is 10.7. The first-order chi connectivity index (χ1) is 14.9. The summed E-state index contributed by atoms with van der Waals surface area (Å²) >= 11 is 0. The van der Waals surface area contributed by atoms with Crippen molar-refractivity contribution in [2.75, 3.05) is 36.6 Å². The Morgan fingerprint density at radius 2 is 2.16 bits per heavy atom. The van der Waals surface area contributed by atoms with Gasteiger partial charge in [0, 0.05) is 6.54 Å². The summed E-state index contributed by atoms with van der Waals surface area (Å²) in [5, 5.41) is 10.1. The van der Waals surface area contributed by atoms with Crippen molar-refractivity contribution < 1.29 is 23.9 Å². The van der Waals surface area contributed by atoms with Gasteiger partial charge in [-0.2, -0.15) is 4.39 Å². The van der Waals surface area contributed by atoms with E-state index in [4.69, 9.17) is 4.74 Å². The number of aryl methyl sites for hydroxylation is 1. The van der Waals surface area contributed by atoms with Gasteiger partial charge in [0.05, 0.1) is 31.7 Å². The van der Waals surface area contributed by atoms with Gasteiger partial charge in [-0.25, -0.2) is 15.0 Å². The summed E-state index contributed by atoms with van der Waals surface area (Å²) in [6, 6.07) is -0.0466. The lowest BCUT2D eigenvalue weighted by Crippen LogP contribution is -2.45. The fourth-order valence-corrected chi connectivity index (χ4v) is 4.26. The second kappa shape index (κ2) is 10.7. The normalized spacial score (nSPS) is 20.4. The van der Waals surface area contributed by atoms with E-state index in [-0.39, 0.29) is 30.6 Å². The van der Waals surface area contributed by atoms with Crippen LogP contribution in [0.15, 0.2) is 0 Å². The lowest BCUT2D eigenvalue weighted by molar-refractivity contribution is -0.154. The predicted molar refractivity (Wildman–Crippen MR) is 111 cm³/mol. The first kappa shape index (κ1) is 23.1. The predicted octanol–water partition coefficient (Wildman–Crippen LogP) is 1.64. The van der Waals surface area contributed by atoms with Gasteiger partial charge in [-0.3, -0.25) is 25.6 Å². The number of halogens is 1. The number of carbonyl (C=O) groups is 2. The van der Waals surface area contributed by atoms with E-state index in [1.807, 2.05) is 11.8 Å². The first-order valence-corrected chi connectivity index (χ1v) is 10.7. The molecule has 2 fully saturated rings. The fourth-order valence-electron chi connectivity index (χ4n) is 4.26. The van der Waals surface area contributed by atoms with Crippen molar-refractivity contribution in [3.05, 3.63) is 11.6 Å². The van der Waals surface area contributed by atoms with Gasteiger partial charge in [0.1, 0.15) is 5.82 Å². The third-order valence-electron chi connectivity index (χ3n) is 5.88. The van der Waals surface area contributed by atoms with Crippen LogP contribution in [0.1, 0.15) is 44.9 Å². The molecule has 1 saturated carbocycles. The third kappa shape index (κ3) is 6.01. The van der Waals surface area contributed by atoms with Crippen LogP contribution >= 0.6 is 0 Å². The summed E-state index contributed by atoms with van der Waals surface area (Å²) in [5.41, 5.74) is 5.07. The average Bonchev–Trinajstić information content (AvgIpc) is 3.27. The molecule has 3 rings (SSSR count). The maximum absolute atomic E-state index is 15.1. The zero-order valence-corrected chi connectivity index (χ0v) is 18.0. The molecule has 2 aliphatic rings. The highest BCUT2D eigenvalue weighted by molar-refractivity contribution is 5.80. The maximum Gasteiger partial charge on any atom is 0.243 e. The Kier molecular flexibility index (Phi) is 7.97. The van der Waals surface area contributed by atoms with E-state index in [0.717, 1.165) is 25.7 Å².